The van der Waals surface area contributed by atoms with E-state index in [1.165, 1.54) is 5.56 Å². The summed E-state index contributed by atoms with van der Waals surface area (Å²) in [6, 6.07) is 7.31. The van der Waals surface area contributed by atoms with E-state index in [4.69, 9.17) is 0 Å². The van der Waals surface area contributed by atoms with E-state index in [0.717, 1.165) is 28.0 Å². The summed E-state index contributed by atoms with van der Waals surface area (Å²) < 4.78 is 2.73. The van der Waals surface area contributed by atoms with Gasteiger partial charge >= 0.3 is 6.03 Å². The Balaban J connectivity index is 1.86. The molecule has 1 aromatic heterocycles. The lowest BCUT2D eigenvalue weighted by Gasteiger charge is -2.09. The van der Waals surface area contributed by atoms with Gasteiger partial charge in [-0.1, -0.05) is 12.1 Å². The predicted octanol–water partition coefficient (Wildman–Crippen LogP) is 3.16. The van der Waals surface area contributed by atoms with Crippen LogP contribution in [0.4, 0.5) is 10.5 Å². The van der Waals surface area contributed by atoms with Crippen LogP contribution in [0.15, 0.2) is 28.7 Å². The van der Waals surface area contributed by atoms with Gasteiger partial charge in [-0.15, -0.1) is 0 Å². The Hall–Kier alpha value is -1.82. The van der Waals surface area contributed by atoms with Crippen molar-refractivity contribution in [3.8, 4) is 0 Å². The van der Waals surface area contributed by atoms with E-state index >= 15 is 0 Å². The Labute approximate surface area is 132 Å². The Morgan fingerprint density at radius 2 is 2.05 bits per heavy atom. The fraction of sp³-hybridized carbons (Fsp3) is 0.333. The van der Waals surface area contributed by atoms with Crippen molar-refractivity contribution in [2.75, 3.05) is 11.9 Å². The highest BCUT2D eigenvalue weighted by molar-refractivity contribution is 9.10. The van der Waals surface area contributed by atoms with E-state index in [-0.39, 0.29) is 6.03 Å². The van der Waals surface area contributed by atoms with Crippen LogP contribution in [-0.2, 0) is 13.5 Å². The van der Waals surface area contributed by atoms with Crippen LogP contribution in [0.25, 0.3) is 0 Å². The largest absolute Gasteiger partial charge is 0.338 e. The van der Waals surface area contributed by atoms with Gasteiger partial charge in [0.1, 0.15) is 0 Å². The summed E-state index contributed by atoms with van der Waals surface area (Å²) in [5.74, 6) is 0. The quantitative estimate of drug-likeness (QED) is 0.889. The van der Waals surface area contributed by atoms with E-state index in [9.17, 15) is 4.79 Å². The summed E-state index contributed by atoms with van der Waals surface area (Å²) in [6.45, 7) is 4.60. The number of amides is 2. The minimum Gasteiger partial charge on any atom is -0.338 e. The molecule has 0 aliphatic rings. The van der Waals surface area contributed by atoms with Crippen molar-refractivity contribution in [3.63, 3.8) is 0 Å². The van der Waals surface area contributed by atoms with Gasteiger partial charge in [0.15, 0.2) is 0 Å². The molecule has 2 amide bonds. The third-order valence-electron chi connectivity index (χ3n) is 3.44. The number of carbonyl (C=O) groups excluding carboxylic acids is 1. The zero-order valence-electron chi connectivity index (χ0n) is 12.4. The molecule has 0 fully saturated rings. The van der Waals surface area contributed by atoms with Crippen molar-refractivity contribution in [1.82, 2.24) is 15.1 Å². The monoisotopic (exact) mass is 350 g/mol. The maximum atomic E-state index is 11.9. The van der Waals surface area contributed by atoms with Gasteiger partial charge in [-0.2, -0.15) is 5.10 Å². The van der Waals surface area contributed by atoms with Gasteiger partial charge < -0.3 is 10.6 Å². The minimum atomic E-state index is -0.207. The molecular weight excluding hydrogens is 332 g/mol. The van der Waals surface area contributed by atoms with E-state index in [0.29, 0.717) is 6.54 Å². The van der Waals surface area contributed by atoms with Crippen LogP contribution in [0.3, 0.4) is 0 Å². The molecule has 0 aliphatic heterocycles. The normalized spacial score (nSPS) is 10.5. The van der Waals surface area contributed by atoms with E-state index in [2.05, 4.69) is 31.7 Å². The second-order valence-corrected chi connectivity index (χ2v) is 5.74. The van der Waals surface area contributed by atoms with Gasteiger partial charge in [0.25, 0.3) is 0 Å². The van der Waals surface area contributed by atoms with Crippen molar-refractivity contribution < 1.29 is 4.79 Å². The fourth-order valence-electron chi connectivity index (χ4n) is 2.21. The first-order chi connectivity index (χ1) is 9.99. The van der Waals surface area contributed by atoms with Crippen LogP contribution in [0.5, 0.6) is 0 Å². The lowest BCUT2D eigenvalue weighted by atomic mass is 10.1. The molecule has 0 atom stereocenters. The fourth-order valence-corrected chi connectivity index (χ4v) is 2.59. The molecule has 0 aliphatic carbocycles. The molecule has 2 rings (SSSR count). The Morgan fingerprint density at radius 3 is 2.67 bits per heavy atom. The molecule has 0 saturated carbocycles. The van der Waals surface area contributed by atoms with Crippen LogP contribution >= 0.6 is 15.9 Å². The maximum absolute atomic E-state index is 11.9. The summed E-state index contributed by atoms with van der Waals surface area (Å²) in [4.78, 5) is 11.9. The number of aryl methyl sites for hydroxylation is 2. The summed E-state index contributed by atoms with van der Waals surface area (Å²) in [7, 11) is 1.93. The van der Waals surface area contributed by atoms with Crippen LogP contribution in [-0.4, -0.2) is 22.4 Å². The Kier molecular flexibility index (Phi) is 5.01. The second kappa shape index (κ2) is 6.76. The Bertz CT molecular complexity index is 651. The maximum Gasteiger partial charge on any atom is 0.319 e. The summed E-state index contributed by atoms with van der Waals surface area (Å²) in [6.07, 6.45) is 0.773. The van der Waals surface area contributed by atoms with Gasteiger partial charge in [-0.3, -0.25) is 4.68 Å². The summed E-state index contributed by atoms with van der Waals surface area (Å²) in [5, 5.41) is 10.0. The van der Waals surface area contributed by atoms with Crippen LogP contribution in [0.1, 0.15) is 17.0 Å². The second-order valence-electron chi connectivity index (χ2n) is 4.88. The van der Waals surface area contributed by atoms with Crippen LogP contribution in [0, 0.1) is 13.8 Å². The van der Waals surface area contributed by atoms with Gasteiger partial charge in [-0.25, -0.2) is 4.79 Å². The molecule has 5 nitrogen and oxygen atoms in total. The zero-order chi connectivity index (χ0) is 15.4. The minimum absolute atomic E-state index is 0.207. The van der Waals surface area contributed by atoms with Gasteiger partial charge in [0.05, 0.1) is 11.4 Å². The number of aromatic nitrogens is 2. The summed E-state index contributed by atoms with van der Waals surface area (Å²) in [5.41, 5.74) is 4.10. The molecule has 0 spiro atoms. The highest BCUT2D eigenvalue weighted by Crippen LogP contribution is 2.20. The number of rotatable bonds is 4. The van der Waals surface area contributed by atoms with Gasteiger partial charge in [0, 0.05) is 23.8 Å². The smallest absolute Gasteiger partial charge is 0.319 e. The Morgan fingerprint density at radius 1 is 1.33 bits per heavy atom. The van der Waals surface area contributed by atoms with Crippen molar-refractivity contribution in [2.24, 2.45) is 7.05 Å². The number of urea groups is 1. The van der Waals surface area contributed by atoms with E-state index in [1.807, 2.05) is 49.8 Å². The first-order valence-corrected chi connectivity index (χ1v) is 7.56. The third-order valence-corrected chi connectivity index (χ3v) is 4.13. The molecule has 112 valence electrons. The number of nitrogens with zero attached hydrogens (tertiary/aromatic N) is 2. The lowest BCUT2D eigenvalue weighted by molar-refractivity contribution is 0.252. The van der Waals surface area contributed by atoms with Crippen LogP contribution in [0.2, 0.25) is 0 Å². The molecule has 0 radical (unpaired) electrons. The molecule has 0 bridgehead atoms. The van der Waals surface area contributed by atoms with E-state index < -0.39 is 0 Å². The first kappa shape index (κ1) is 15.6. The predicted molar refractivity (Wildman–Crippen MR) is 87.5 cm³/mol. The standard InChI is InChI=1S/C15H19BrN4O/c1-10-12(11(2)20(3)19-10)8-9-17-15(21)18-14-7-5-4-6-13(14)16/h4-7H,8-9H2,1-3H3,(H2,17,18,21). The number of para-hydroxylation sites is 1. The number of hydrogen-bond acceptors (Lipinski definition) is 2. The molecular formula is C15H19BrN4O. The number of anilines is 1. The topological polar surface area (TPSA) is 59.0 Å². The number of halogens is 1. The highest BCUT2D eigenvalue weighted by Gasteiger charge is 2.10. The molecule has 2 N–H and O–H groups in total. The number of benzene rings is 1. The molecule has 1 aromatic carbocycles. The van der Waals surface area contributed by atoms with E-state index in [1.54, 1.807) is 0 Å². The molecule has 0 saturated heterocycles. The molecule has 0 unspecified atom stereocenters. The van der Waals surface area contributed by atoms with Crippen molar-refractivity contribution in [2.45, 2.75) is 20.3 Å². The SMILES string of the molecule is Cc1nn(C)c(C)c1CCNC(=O)Nc1ccccc1Br. The van der Waals surface area contributed by atoms with Gasteiger partial charge in [-0.05, 0) is 53.9 Å². The van der Waals surface area contributed by atoms with Crippen molar-refractivity contribution in [3.05, 3.63) is 45.7 Å². The number of nitrogens with one attached hydrogen (secondary N) is 2. The zero-order valence-corrected chi connectivity index (χ0v) is 14.0. The van der Waals surface area contributed by atoms with Crippen molar-refractivity contribution in [1.29, 1.82) is 0 Å². The molecule has 1 heterocycles. The van der Waals surface area contributed by atoms with Gasteiger partial charge in [0.2, 0.25) is 0 Å². The molecule has 21 heavy (non-hydrogen) atoms. The van der Waals surface area contributed by atoms with Crippen molar-refractivity contribution >= 4 is 27.6 Å². The summed E-state index contributed by atoms with van der Waals surface area (Å²) >= 11 is 3.40. The average molecular weight is 351 g/mol. The number of carbonyl (C=O) groups is 1. The molecule has 2 aromatic rings. The average Bonchev–Trinajstić information content (AvgIpc) is 2.68. The number of hydrogen-bond donors (Lipinski definition) is 2. The first-order valence-electron chi connectivity index (χ1n) is 6.77. The van der Waals surface area contributed by atoms with Crippen LogP contribution < -0.4 is 10.6 Å². The third kappa shape index (κ3) is 3.85. The lowest BCUT2D eigenvalue weighted by Crippen LogP contribution is -2.30. The molecule has 6 heteroatoms. The highest BCUT2D eigenvalue weighted by atomic mass is 79.9.